The molecule has 4 aromatic rings. The molecule has 47 heavy (non-hydrogen) atoms. The number of piperazine rings is 1. The molecule has 1 fully saturated rings. The summed E-state index contributed by atoms with van der Waals surface area (Å²) in [7, 11) is 1.49. The number of aromatic hydroxyl groups is 1. The van der Waals surface area contributed by atoms with E-state index < -0.39 is 52.7 Å². The standard InChI is InChI=1S/C31H31F6N5O4S/c1-29(2,3)46-28(44)42-10-9-41(15-21(42)16-45-4)27-39-26(43)25(47-27)22(17-6-8-24-19(11-17)14-38-40-24)12-18-5-7-20(30(32,33)34)13-23(18)31(35,36)37/h5-8,11-14,21,43H,9-10,15-16H2,1-4H3,(H,38,40)/t21-/m0/s1. The van der Waals surface area contributed by atoms with E-state index in [1.807, 2.05) is 4.90 Å². The van der Waals surface area contributed by atoms with Gasteiger partial charge in [-0.1, -0.05) is 23.5 Å². The molecule has 0 spiro atoms. The van der Waals surface area contributed by atoms with Gasteiger partial charge >= 0.3 is 18.4 Å². The predicted molar refractivity (Wildman–Crippen MR) is 164 cm³/mol. The average Bonchev–Trinajstić information content (AvgIpc) is 3.60. The Labute approximate surface area is 269 Å². The summed E-state index contributed by atoms with van der Waals surface area (Å²) >= 11 is 0.993. The van der Waals surface area contributed by atoms with E-state index >= 15 is 0 Å². The van der Waals surface area contributed by atoms with Gasteiger partial charge in [-0.15, -0.1) is 0 Å². The maximum Gasteiger partial charge on any atom is 0.417 e. The lowest BCUT2D eigenvalue weighted by atomic mass is 9.96. The summed E-state index contributed by atoms with van der Waals surface area (Å²) in [6.07, 6.45) is -8.02. The van der Waals surface area contributed by atoms with Gasteiger partial charge in [0.25, 0.3) is 0 Å². The molecule has 9 nitrogen and oxygen atoms in total. The summed E-state index contributed by atoms with van der Waals surface area (Å²) in [5.74, 6) is -0.484. The van der Waals surface area contributed by atoms with Crippen LogP contribution in [0.15, 0.2) is 42.6 Å². The zero-order chi connectivity index (χ0) is 34.3. The molecule has 5 rings (SSSR count). The fraction of sp³-hybridized carbons (Fsp3) is 0.387. The molecule has 1 aliphatic rings. The van der Waals surface area contributed by atoms with E-state index in [0.717, 1.165) is 23.5 Å². The minimum Gasteiger partial charge on any atom is -0.492 e. The molecule has 0 unspecified atom stereocenters. The van der Waals surface area contributed by atoms with Crippen LogP contribution in [0.3, 0.4) is 0 Å². The number of hydrogen-bond acceptors (Lipinski definition) is 8. The maximum absolute atomic E-state index is 14.1. The zero-order valence-corrected chi connectivity index (χ0v) is 26.5. The third-order valence-corrected chi connectivity index (χ3v) is 8.46. The van der Waals surface area contributed by atoms with Gasteiger partial charge in [0.15, 0.2) is 5.13 Å². The Balaban J connectivity index is 1.57. The third-order valence-electron chi connectivity index (χ3n) is 7.32. The Morgan fingerprint density at radius 2 is 1.83 bits per heavy atom. The van der Waals surface area contributed by atoms with Gasteiger partial charge in [0.1, 0.15) is 10.5 Å². The molecule has 0 bridgehead atoms. The van der Waals surface area contributed by atoms with Gasteiger partial charge in [-0.25, -0.2) is 4.79 Å². The lowest BCUT2D eigenvalue weighted by molar-refractivity contribution is -0.143. The number of benzene rings is 2. The number of rotatable bonds is 6. The smallest absolute Gasteiger partial charge is 0.417 e. The van der Waals surface area contributed by atoms with Crippen molar-refractivity contribution in [2.75, 3.05) is 38.3 Å². The number of carbonyl (C=O) groups is 1. The number of anilines is 1. The maximum atomic E-state index is 14.1. The summed E-state index contributed by atoms with van der Waals surface area (Å²) in [5, 5.41) is 18.8. The molecule has 2 N–H and O–H groups in total. The van der Waals surface area contributed by atoms with Crippen LogP contribution in [0.25, 0.3) is 22.6 Å². The van der Waals surface area contributed by atoms with Gasteiger partial charge in [0.05, 0.1) is 35.5 Å². The molecule has 16 heteroatoms. The van der Waals surface area contributed by atoms with Gasteiger partial charge in [-0.3, -0.25) is 10.00 Å². The van der Waals surface area contributed by atoms with Crippen LogP contribution < -0.4 is 4.90 Å². The van der Waals surface area contributed by atoms with Crippen LogP contribution >= 0.6 is 11.3 Å². The summed E-state index contributed by atoms with van der Waals surface area (Å²) in [4.78, 5) is 20.7. The van der Waals surface area contributed by atoms with Crippen molar-refractivity contribution in [1.29, 1.82) is 0 Å². The number of aromatic nitrogens is 3. The van der Waals surface area contributed by atoms with E-state index in [1.54, 1.807) is 43.9 Å². The topological polar surface area (TPSA) is 104 Å². The van der Waals surface area contributed by atoms with Crippen molar-refractivity contribution < 1.29 is 45.7 Å². The summed E-state index contributed by atoms with van der Waals surface area (Å²) in [6.45, 7) is 6.21. The lowest BCUT2D eigenvalue weighted by Gasteiger charge is -2.41. The van der Waals surface area contributed by atoms with Crippen LogP contribution in [0.5, 0.6) is 5.88 Å². The van der Waals surface area contributed by atoms with Crippen LogP contribution in [0.2, 0.25) is 0 Å². The van der Waals surface area contributed by atoms with E-state index in [1.165, 1.54) is 13.3 Å². The van der Waals surface area contributed by atoms with Crippen molar-refractivity contribution in [2.45, 2.75) is 44.8 Å². The van der Waals surface area contributed by atoms with Crippen LogP contribution in [0.4, 0.5) is 36.3 Å². The number of methoxy groups -OCH3 is 1. The predicted octanol–water partition coefficient (Wildman–Crippen LogP) is 7.42. The highest BCUT2D eigenvalue weighted by atomic mass is 32.1. The first kappa shape index (κ1) is 34.0. The molecule has 0 saturated carbocycles. The monoisotopic (exact) mass is 683 g/mol. The van der Waals surface area contributed by atoms with E-state index in [9.17, 15) is 36.2 Å². The van der Waals surface area contributed by atoms with Crippen molar-refractivity contribution in [3.8, 4) is 5.88 Å². The van der Waals surface area contributed by atoms with Crippen molar-refractivity contribution in [3.63, 3.8) is 0 Å². The molecule has 0 radical (unpaired) electrons. The lowest BCUT2D eigenvalue weighted by Crippen LogP contribution is -2.57. The second-order valence-electron chi connectivity index (χ2n) is 11.9. The normalized spacial score (nSPS) is 16.6. The molecule has 2 aromatic carbocycles. The first-order valence-electron chi connectivity index (χ1n) is 14.3. The van der Waals surface area contributed by atoms with E-state index in [4.69, 9.17) is 9.47 Å². The molecule has 0 aliphatic carbocycles. The molecule has 252 valence electrons. The minimum atomic E-state index is -5.11. The SMILES string of the molecule is COC[C@@H]1CN(c2nc(O)c(C(=Cc3ccc(C(F)(F)F)cc3C(F)(F)F)c3ccc4[nH]ncc4c3)s2)CCN1C(=O)OC(C)(C)C. The number of alkyl halides is 6. The first-order valence-corrected chi connectivity index (χ1v) is 15.1. The summed E-state index contributed by atoms with van der Waals surface area (Å²) in [5.41, 5.74) is -3.08. The van der Waals surface area contributed by atoms with Gasteiger partial charge in [-0.05, 0) is 62.2 Å². The highest BCUT2D eigenvalue weighted by Crippen LogP contribution is 2.43. The number of H-pyrrole nitrogens is 1. The summed E-state index contributed by atoms with van der Waals surface area (Å²) in [6, 6.07) is 5.83. The highest BCUT2D eigenvalue weighted by molar-refractivity contribution is 7.17. The quantitative estimate of drug-likeness (QED) is 0.161. The van der Waals surface area contributed by atoms with Gasteiger partial charge in [-0.2, -0.15) is 36.4 Å². The van der Waals surface area contributed by atoms with Crippen molar-refractivity contribution in [3.05, 3.63) is 69.7 Å². The molecule has 2 aromatic heterocycles. The molecule has 3 heterocycles. The number of carbonyl (C=O) groups excluding carboxylic acids is 1. The summed E-state index contributed by atoms with van der Waals surface area (Å²) < 4.78 is 93.4. The number of hydrogen-bond donors (Lipinski definition) is 2. The van der Waals surface area contributed by atoms with Crippen molar-refractivity contribution in [2.24, 2.45) is 0 Å². The second-order valence-corrected chi connectivity index (χ2v) is 12.9. The Morgan fingerprint density at radius 1 is 1.09 bits per heavy atom. The number of nitrogens with zero attached hydrogens (tertiary/aromatic N) is 4. The first-order chi connectivity index (χ1) is 21.9. The minimum absolute atomic E-state index is 0.0702. The number of nitrogens with one attached hydrogen (secondary N) is 1. The molecular formula is C31H31F6N5O4S. The number of halogens is 6. The van der Waals surface area contributed by atoms with E-state index in [0.29, 0.717) is 34.2 Å². The van der Waals surface area contributed by atoms with E-state index in [2.05, 4.69) is 15.2 Å². The molecule has 1 saturated heterocycles. The number of aromatic amines is 1. The number of fused-ring (bicyclic) bond motifs is 1. The Bertz CT molecular complexity index is 1790. The Morgan fingerprint density at radius 3 is 2.49 bits per heavy atom. The van der Waals surface area contributed by atoms with Gasteiger partial charge in [0, 0.05) is 37.7 Å². The molecular weight excluding hydrogens is 652 g/mol. The highest BCUT2D eigenvalue weighted by Gasteiger charge is 2.38. The molecule has 1 aliphatic heterocycles. The molecule has 1 atom stereocenters. The van der Waals surface area contributed by atoms with Crippen molar-refractivity contribution in [1.82, 2.24) is 20.1 Å². The Hall–Kier alpha value is -4.31. The van der Waals surface area contributed by atoms with Crippen LogP contribution in [-0.2, 0) is 21.8 Å². The molecule has 1 amide bonds. The number of ether oxygens (including phenoxy) is 2. The largest absolute Gasteiger partial charge is 0.492 e. The van der Waals surface area contributed by atoms with Crippen LogP contribution in [-0.4, -0.2) is 76.3 Å². The fourth-order valence-electron chi connectivity index (χ4n) is 5.19. The van der Waals surface area contributed by atoms with Crippen molar-refractivity contribution >= 4 is 45.1 Å². The van der Waals surface area contributed by atoms with Crippen LogP contribution in [0.1, 0.15) is 47.9 Å². The third kappa shape index (κ3) is 7.64. The average molecular weight is 684 g/mol. The number of amides is 1. The number of thiazole rings is 1. The van der Waals surface area contributed by atoms with Gasteiger partial charge in [0.2, 0.25) is 5.88 Å². The van der Waals surface area contributed by atoms with Crippen LogP contribution in [0, 0.1) is 0 Å². The van der Waals surface area contributed by atoms with Gasteiger partial charge < -0.3 is 19.5 Å². The Kier molecular flexibility index (Phi) is 9.21. The van der Waals surface area contributed by atoms with E-state index in [-0.39, 0.29) is 36.2 Å². The zero-order valence-electron chi connectivity index (χ0n) is 25.7. The fourth-order valence-corrected chi connectivity index (χ4v) is 6.22. The second kappa shape index (κ2) is 12.7.